The summed E-state index contributed by atoms with van der Waals surface area (Å²) in [6, 6.07) is 0. The van der Waals surface area contributed by atoms with Crippen LogP contribution in [0.2, 0.25) is 0 Å². The van der Waals surface area contributed by atoms with Crippen LogP contribution in [0.4, 0.5) is 0 Å². The summed E-state index contributed by atoms with van der Waals surface area (Å²) in [6.07, 6.45) is 6.97. The van der Waals surface area contributed by atoms with Crippen LogP contribution in [0.3, 0.4) is 0 Å². The molecule has 1 unspecified atom stereocenters. The molecule has 4 heteroatoms. The fraction of sp³-hybridized carbons (Fsp3) is 0.700. The zero-order chi connectivity index (χ0) is 9.97. The molecule has 1 heterocycles. The SMILES string of the molecule is CC(O)C12CC(n3cc(Br)cn3)(C1)C2. The number of hydrogen-bond donors (Lipinski definition) is 1. The molecule has 0 spiro atoms. The van der Waals surface area contributed by atoms with Gasteiger partial charge in [0, 0.05) is 11.6 Å². The van der Waals surface area contributed by atoms with Crippen molar-refractivity contribution in [1.29, 1.82) is 0 Å². The molecule has 1 atom stereocenters. The van der Waals surface area contributed by atoms with E-state index in [1.165, 1.54) is 0 Å². The van der Waals surface area contributed by atoms with Gasteiger partial charge in [0.1, 0.15) is 0 Å². The molecule has 1 aromatic heterocycles. The Kier molecular flexibility index (Phi) is 1.54. The van der Waals surface area contributed by atoms with E-state index in [4.69, 9.17) is 0 Å². The molecule has 0 saturated heterocycles. The minimum atomic E-state index is -0.164. The number of aromatic nitrogens is 2. The lowest BCUT2D eigenvalue weighted by Gasteiger charge is -2.71. The van der Waals surface area contributed by atoms with E-state index in [-0.39, 0.29) is 17.1 Å². The van der Waals surface area contributed by atoms with Gasteiger partial charge in [0.25, 0.3) is 0 Å². The Morgan fingerprint density at radius 1 is 1.57 bits per heavy atom. The van der Waals surface area contributed by atoms with E-state index in [9.17, 15) is 5.11 Å². The Bertz CT molecular complexity index is 365. The van der Waals surface area contributed by atoms with Crippen molar-refractivity contribution in [2.24, 2.45) is 5.41 Å². The number of aliphatic hydroxyl groups is 1. The van der Waals surface area contributed by atoms with Crippen molar-refractivity contribution < 1.29 is 5.11 Å². The normalized spacial score (nSPS) is 41.4. The lowest BCUT2D eigenvalue weighted by Crippen LogP contribution is -2.71. The van der Waals surface area contributed by atoms with Gasteiger partial charge in [-0.3, -0.25) is 4.68 Å². The predicted octanol–water partition coefficient (Wildman–Crippen LogP) is 1.91. The average molecular weight is 257 g/mol. The first-order valence-electron chi connectivity index (χ1n) is 4.95. The van der Waals surface area contributed by atoms with Gasteiger partial charge in [0.2, 0.25) is 0 Å². The molecule has 0 aromatic carbocycles. The van der Waals surface area contributed by atoms with E-state index in [0.717, 1.165) is 23.7 Å². The summed E-state index contributed by atoms with van der Waals surface area (Å²) >= 11 is 3.40. The molecule has 0 radical (unpaired) electrons. The van der Waals surface area contributed by atoms with E-state index in [2.05, 4.69) is 25.7 Å². The van der Waals surface area contributed by atoms with Crippen LogP contribution in [0.15, 0.2) is 16.9 Å². The number of hydrogen-bond acceptors (Lipinski definition) is 2. The first-order valence-corrected chi connectivity index (χ1v) is 5.74. The van der Waals surface area contributed by atoms with Gasteiger partial charge < -0.3 is 5.11 Å². The third kappa shape index (κ3) is 0.885. The highest BCUT2D eigenvalue weighted by atomic mass is 79.9. The van der Waals surface area contributed by atoms with Gasteiger partial charge in [-0.25, -0.2) is 0 Å². The summed E-state index contributed by atoms with van der Waals surface area (Å²) in [5, 5.41) is 13.9. The molecule has 14 heavy (non-hydrogen) atoms. The molecule has 76 valence electrons. The molecule has 1 aromatic rings. The van der Waals surface area contributed by atoms with Crippen LogP contribution >= 0.6 is 15.9 Å². The maximum atomic E-state index is 9.60. The lowest BCUT2D eigenvalue weighted by molar-refractivity contribution is -0.240. The molecular formula is C10H13BrN2O. The molecule has 3 aliphatic rings. The van der Waals surface area contributed by atoms with E-state index in [0.29, 0.717) is 0 Å². The van der Waals surface area contributed by atoms with Crippen LogP contribution in [-0.2, 0) is 5.54 Å². The number of aliphatic hydroxyl groups excluding tert-OH is 1. The predicted molar refractivity (Wildman–Crippen MR) is 55.9 cm³/mol. The van der Waals surface area contributed by atoms with Crippen LogP contribution in [-0.4, -0.2) is 21.0 Å². The largest absolute Gasteiger partial charge is 0.393 e. The van der Waals surface area contributed by atoms with Crippen molar-refractivity contribution in [3.05, 3.63) is 16.9 Å². The molecule has 3 saturated carbocycles. The zero-order valence-corrected chi connectivity index (χ0v) is 9.66. The molecule has 4 rings (SSSR count). The molecule has 0 aliphatic heterocycles. The summed E-state index contributed by atoms with van der Waals surface area (Å²) in [4.78, 5) is 0. The third-order valence-corrected chi connectivity index (χ3v) is 4.38. The molecule has 1 N–H and O–H groups in total. The molecule has 0 amide bonds. The van der Waals surface area contributed by atoms with Crippen LogP contribution < -0.4 is 0 Å². The van der Waals surface area contributed by atoms with Gasteiger partial charge >= 0.3 is 0 Å². The van der Waals surface area contributed by atoms with Gasteiger partial charge in [-0.05, 0) is 42.1 Å². The van der Waals surface area contributed by atoms with Crippen molar-refractivity contribution >= 4 is 15.9 Å². The van der Waals surface area contributed by atoms with Crippen LogP contribution in [0.5, 0.6) is 0 Å². The first-order chi connectivity index (χ1) is 6.56. The Balaban J connectivity index is 1.81. The molecule has 3 fully saturated rings. The molecule has 2 bridgehead atoms. The second-order valence-electron chi connectivity index (χ2n) is 4.90. The van der Waals surface area contributed by atoms with Crippen LogP contribution in [0.1, 0.15) is 26.2 Å². The van der Waals surface area contributed by atoms with Gasteiger partial charge in [-0.1, -0.05) is 0 Å². The van der Waals surface area contributed by atoms with E-state index in [1.807, 2.05) is 19.3 Å². The Labute approximate surface area is 91.2 Å². The topological polar surface area (TPSA) is 38.0 Å². The van der Waals surface area contributed by atoms with Gasteiger partial charge in [-0.2, -0.15) is 5.10 Å². The van der Waals surface area contributed by atoms with Crippen molar-refractivity contribution in [2.75, 3.05) is 0 Å². The van der Waals surface area contributed by atoms with Crippen LogP contribution in [0.25, 0.3) is 0 Å². The van der Waals surface area contributed by atoms with Crippen molar-refractivity contribution in [3.8, 4) is 0 Å². The number of rotatable bonds is 2. The number of nitrogens with zero attached hydrogens (tertiary/aromatic N) is 2. The maximum Gasteiger partial charge on any atom is 0.0646 e. The summed E-state index contributed by atoms with van der Waals surface area (Å²) in [5.74, 6) is 0. The lowest BCUT2D eigenvalue weighted by atomic mass is 9.38. The van der Waals surface area contributed by atoms with Crippen molar-refractivity contribution in [3.63, 3.8) is 0 Å². The van der Waals surface area contributed by atoms with Crippen molar-refractivity contribution in [1.82, 2.24) is 9.78 Å². The van der Waals surface area contributed by atoms with Gasteiger partial charge in [-0.15, -0.1) is 0 Å². The van der Waals surface area contributed by atoms with Gasteiger partial charge in [0.15, 0.2) is 0 Å². The summed E-state index contributed by atoms with van der Waals surface area (Å²) in [5.41, 5.74) is 0.460. The number of halogens is 1. The molecular weight excluding hydrogens is 244 g/mol. The fourth-order valence-electron chi connectivity index (χ4n) is 3.06. The monoisotopic (exact) mass is 256 g/mol. The average Bonchev–Trinajstić information content (AvgIpc) is 2.28. The molecule has 3 aliphatic carbocycles. The Morgan fingerprint density at radius 3 is 2.64 bits per heavy atom. The second kappa shape index (κ2) is 2.42. The minimum absolute atomic E-state index is 0.164. The first kappa shape index (κ1) is 8.92. The smallest absolute Gasteiger partial charge is 0.0646 e. The van der Waals surface area contributed by atoms with Crippen LogP contribution in [0, 0.1) is 5.41 Å². The summed E-state index contributed by atoms with van der Waals surface area (Å²) < 4.78 is 3.09. The Morgan fingerprint density at radius 2 is 2.21 bits per heavy atom. The van der Waals surface area contributed by atoms with E-state index in [1.54, 1.807) is 0 Å². The second-order valence-corrected chi connectivity index (χ2v) is 5.81. The standard InChI is InChI=1S/C10H13BrN2O/c1-7(14)9-4-10(5-9,6-9)13-3-8(11)2-12-13/h2-3,7,14H,4-6H2,1H3. The summed E-state index contributed by atoms with van der Waals surface area (Å²) in [6.45, 7) is 1.90. The zero-order valence-electron chi connectivity index (χ0n) is 8.07. The quantitative estimate of drug-likeness (QED) is 0.878. The minimum Gasteiger partial charge on any atom is -0.393 e. The highest BCUT2D eigenvalue weighted by Gasteiger charge is 2.71. The van der Waals surface area contributed by atoms with Crippen molar-refractivity contribution in [2.45, 2.75) is 37.8 Å². The molecule has 3 nitrogen and oxygen atoms in total. The third-order valence-electron chi connectivity index (χ3n) is 3.97. The van der Waals surface area contributed by atoms with E-state index < -0.39 is 0 Å². The van der Waals surface area contributed by atoms with E-state index >= 15 is 0 Å². The highest BCUT2D eigenvalue weighted by molar-refractivity contribution is 9.10. The highest BCUT2D eigenvalue weighted by Crippen LogP contribution is 2.72. The Hall–Kier alpha value is -0.350. The maximum absolute atomic E-state index is 9.60. The van der Waals surface area contributed by atoms with Gasteiger partial charge in [0.05, 0.1) is 22.3 Å². The fourth-order valence-corrected chi connectivity index (χ4v) is 3.34. The summed E-state index contributed by atoms with van der Waals surface area (Å²) in [7, 11) is 0.